The standard InChI is InChI=1S/C18H20ClN3O2S/c1-18(2)10-12-14(11-3-4-20-13(19)9-11)17(22-5-7-24-8-6-22)25-15(12)16(23)21-18/h3-4,9H,5-8,10H2,1-2H3,(H,21,23). The number of pyridine rings is 1. The molecular weight excluding hydrogens is 358 g/mol. The summed E-state index contributed by atoms with van der Waals surface area (Å²) >= 11 is 7.72. The molecule has 7 heteroatoms. The van der Waals surface area contributed by atoms with Crippen LogP contribution in [0, 0.1) is 0 Å². The summed E-state index contributed by atoms with van der Waals surface area (Å²) in [5, 5.41) is 4.70. The van der Waals surface area contributed by atoms with Crippen LogP contribution >= 0.6 is 22.9 Å². The summed E-state index contributed by atoms with van der Waals surface area (Å²) < 4.78 is 5.49. The zero-order valence-electron chi connectivity index (χ0n) is 14.3. The molecule has 1 fully saturated rings. The van der Waals surface area contributed by atoms with Gasteiger partial charge in [0.2, 0.25) is 0 Å². The fraction of sp³-hybridized carbons (Fsp3) is 0.444. The molecule has 0 aromatic carbocycles. The fourth-order valence-electron chi connectivity index (χ4n) is 3.50. The van der Waals surface area contributed by atoms with Crippen molar-refractivity contribution >= 4 is 33.8 Å². The maximum Gasteiger partial charge on any atom is 0.262 e. The van der Waals surface area contributed by atoms with Gasteiger partial charge in [-0.25, -0.2) is 4.98 Å². The number of ether oxygens (including phenoxy) is 1. The lowest BCUT2D eigenvalue weighted by Crippen LogP contribution is -2.48. The topological polar surface area (TPSA) is 54.5 Å². The van der Waals surface area contributed by atoms with Gasteiger partial charge in [-0.05, 0) is 43.5 Å². The molecule has 2 aromatic rings. The predicted octanol–water partition coefficient (Wildman–Crippen LogP) is 3.36. The van der Waals surface area contributed by atoms with E-state index >= 15 is 0 Å². The van der Waals surface area contributed by atoms with Crippen molar-refractivity contribution in [3.8, 4) is 11.1 Å². The van der Waals surface area contributed by atoms with Crippen LogP contribution in [0.25, 0.3) is 11.1 Å². The molecule has 0 atom stereocenters. The first kappa shape index (κ1) is 16.8. The molecular formula is C18H20ClN3O2S. The molecule has 1 amide bonds. The summed E-state index contributed by atoms with van der Waals surface area (Å²) in [5.41, 5.74) is 2.99. The second kappa shape index (κ2) is 6.27. The largest absolute Gasteiger partial charge is 0.378 e. The minimum Gasteiger partial charge on any atom is -0.378 e. The predicted molar refractivity (Wildman–Crippen MR) is 101 cm³/mol. The summed E-state index contributed by atoms with van der Waals surface area (Å²) in [5.74, 6) is 0.0113. The van der Waals surface area contributed by atoms with Gasteiger partial charge in [0.1, 0.15) is 10.2 Å². The number of anilines is 1. The van der Waals surface area contributed by atoms with E-state index in [2.05, 4.69) is 29.0 Å². The Morgan fingerprint density at radius 1 is 1.36 bits per heavy atom. The Bertz CT molecular complexity index is 828. The molecule has 0 bridgehead atoms. The highest BCUT2D eigenvalue weighted by molar-refractivity contribution is 7.19. The average molecular weight is 378 g/mol. The molecule has 0 saturated carbocycles. The normalized spacial score (nSPS) is 19.5. The van der Waals surface area contributed by atoms with Crippen LogP contribution in [0.2, 0.25) is 5.15 Å². The van der Waals surface area contributed by atoms with Crippen molar-refractivity contribution in [1.82, 2.24) is 10.3 Å². The van der Waals surface area contributed by atoms with Crippen LogP contribution in [0.5, 0.6) is 0 Å². The fourth-order valence-corrected chi connectivity index (χ4v) is 4.96. The molecule has 25 heavy (non-hydrogen) atoms. The summed E-state index contributed by atoms with van der Waals surface area (Å²) in [6.07, 6.45) is 2.52. The highest BCUT2D eigenvalue weighted by Crippen LogP contribution is 2.46. The van der Waals surface area contributed by atoms with Crippen LogP contribution in [-0.2, 0) is 11.2 Å². The van der Waals surface area contributed by atoms with E-state index in [4.69, 9.17) is 16.3 Å². The quantitative estimate of drug-likeness (QED) is 0.815. The molecule has 0 spiro atoms. The van der Waals surface area contributed by atoms with Crippen LogP contribution in [-0.4, -0.2) is 42.7 Å². The molecule has 2 aliphatic rings. The first-order valence-corrected chi connectivity index (χ1v) is 9.57. The average Bonchev–Trinajstić information content (AvgIpc) is 2.94. The van der Waals surface area contributed by atoms with Crippen molar-refractivity contribution in [3.05, 3.63) is 33.9 Å². The van der Waals surface area contributed by atoms with E-state index in [1.54, 1.807) is 17.5 Å². The number of carbonyl (C=O) groups is 1. The van der Waals surface area contributed by atoms with Crippen LogP contribution in [0.3, 0.4) is 0 Å². The smallest absolute Gasteiger partial charge is 0.262 e. The van der Waals surface area contributed by atoms with Gasteiger partial charge in [-0.15, -0.1) is 11.3 Å². The molecule has 5 nitrogen and oxygen atoms in total. The minimum absolute atomic E-state index is 0.0113. The number of aromatic nitrogens is 1. The van der Waals surface area contributed by atoms with E-state index in [1.165, 1.54) is 0 Å². The molecule has 0 radical (unpaired) electrons. The van der Waals surface area contributed by atoms with Crippen molar-refractivity contribution in [2.45, 2.75) is 25.8 Å². The van der Waals surface area contributed by atoms with Gasteiger partial charge < -0.3 is 15.0 Å². The van der Waals surface area contributed by atoms with E-state index < -0.39 is 0 Å². The van der Waals surface area contributed by atoms with Gasteiger partial charge in [-0.1, -0.05) is 11.6 Å². The number of halogens is 1. The zero-order valence-corrected chi connectivity index (χ0v) is 15.8. The van der Waals surface area contributed by atoms with Crippen molar-refractivity contribution in [1.29, 1.82) is 0 Å². The maximum atomic E-state index is 12.7. The number of fused-ring (bicyclic) bond motifs is 1. The number of nitrogens with zero attached hydrogens (tertiary/aromatic N) is 2. The minimum atomic E-state index is -0.265. The lowest BCUT2D eigenvalue weighted by atomic mass is 9.87. The first-order valence-electron chi connectivity index (χ1n) is 8.37. The summed E-state index contributed by atoms with van der Waals surface area (Å²) in [7, 11) is 0. The molecule has 4 rings (SSSR count). The molecule has 0 unspecified atom stereocenters. The van der Waals surface area contributed by atoms with Gasteiger partial charge in [0, 0.05) is 30.4 Å². The van der Waals surface area contributed by atoms with Crippen LogP contribution in [0.4, 0.5) is 5.00 Å². The van der Waals surface area contributed by atoms with E-state index in [0.717, 1.165) is 46.1 Å². The summed E-state index contributed by atoms with van der Waals surface area (Å²) in [6.45, 7) is 7.19. The van der Waals surface area contributed by atoms with Gasteiger partial charge in [0.15, 0.2) is 0 Å². The van der Waals surface area contributed by atoms with E-state index in [9.17, 15) is 4.79 Å². The molecule has 2 aromatic heterocycles. The molecule has 1 saturated heterocycles. The van der Waals surface area contributed by atoms with Crippen LogP contribution in [0.1, 0.15) is 29.1 Å². The number of amides is 1. The molecule has 0 aliphatic carbocycles. The van der Waals surface area contributed by atoms with Crippen molar-refractivity contribution < 1.29 is 9.53 Å². The molecule has 2 aliphatic heterocycles. The van der Waals surface area contributed by atoms with Crippen molar-refractivity contribution in [3.63, 3.8) is 0 Å². The zero-order chi connectivity index (χ0) is 17.6. The second-order valence-electron chi connectivity index (χ2n) is 7.07. The lowest BCUT2D eigenvalue weighted by Gasteiger charge is -2.31. The number of thiophene rings is 1. The monoisotopic (exact) mass is 377 g/mol. The number of carbonyl (C=O) groups excluding carboxylic acids is 1. The number of morpholine rings is 1. The highest BCUT2D eigenvalue weighted by atomic mass is 35.5. The van der Waals surface area contributed by atoms with Crippen molar-refractivity contribution in [2.24, 2.45) is 0 Å². The van der Waals surface area contributed by atoms with Gasteiger partial charge >= 0.3 is 0 Å². The van der Waals surface area contributed by atoms with E-state index in [1.807, 2.05) is 12.1 Å². The number of nitrogens with one attached hydrogen (secondary N) is 1. The maximum absolute atomic E-state index is 12.7. The van der Waals surface area contributed by atoms with Crippen LogP contribution in [0.15, 0.2) is 18.3 Å². The van der Waals surface area contributed by atoms with Gasteiger partial charge in [-0.2, -0.15) is 0 Å². The Balaban J connectivity index is 1.91. The lowest BCUT2D eigenvalue weighted by molar-refractivity contribution is 0.0902. The van der Waals surface area contributed by atoms with Gasteiger partial charge in [-0.3, -0.25) is 4.79 Å². The van der Waals surface area contributed by atoms with E-state index in [-0.39, 0.29) is 11.4 Å². The Morgan fingerprint density at radius 3 is 2.84 bits per heavy atom. The third-order valence-corrected chi connectivity index (χ3v) is 6.08. The Morgan fingerprint density at radius 2 is 2.12 bits per heavy atom. The Hall–Kier alpha value is -1.63. The van der Waals surface area contributed by atoms with Gasteiger partial charge in [0.25, 0.3) is 5.91 Å². The first-order chi connectivity index (χ1) is 11.9. The second-order valence-corrected chi connectivity index (χ2v) is 8.46. The number of rotatable bonds is 2. The molecule has 132 valence electrons. The molecule has 1 N–H and O–H groups in total. The van der Waals surface area contributed by atoms with E-state index in [0.29, 0.717) is 18.4 Å². The number of hydrogen-bond donors (Lipinski definition) is 1. The third-order valence-electron chi connectivity index (χ3n) is 4.58. The van der Waals surface area contributed by atoms with Crippen LogP contribution < -0.4 is 10.2 Å². The third kappa shape index (κ3) is 3.14. The Kier molecular flexibility index (Phi) is 4.22. The Labute approximate surface area is 156 Å². The molecule has 4 heterocycles. The van der Waals surface area contributed by atoms with Gasteiger partial charge in [0.05, 0.1) is 18.1 Å². The van der Waals surface area contributed by atoms with Crippen molar-refractivity contribution in [2.75, 3.05) is 31.2 Å². The summed E-state index contributed by atoms with van der Waals surface area (Å²) in [4.78, 5) is 19.9. The number of hydrogen-bond acceptors (Lipinski definition) is 5. The summed E-state index contributed by atoms with van der Waals surface area (Å²) in [6, 6.07) is 3.85. The SMILES string of the molecule is CC1(C)Cc2c(sc(N3CCOCC3)c2-c2ccnc(Cl)c2)C(=O)N1. The highest BCUT2D eigenvalue weighted by Gasteiger charge is 2.36.